The van der Waals surface area contributed by atoms with Gasteiger partial charge in [0, 0.05) is 6.42 Å². The summed E-state index contributed by atoms with van der Waals surface area (Å²) in [6, 6.07) is -0.728. The minimum Gasteiger partial charge on any atom is -0.394 e. The van der Waals surface area contributed by atoms with E-state index in [0.29, 0.717) is 12.8 Å². The summed E-state index contributed by atoms with van der Waals surface area (Å²) in [6.45, 7) is 3.80. The summed E-state index contributed by atoms with van der Waals surface area (Å²) in [5.41, 5.74) is 0. The first kappa shape index (κ1) is 48.0. The maximum atomic E-state index is 12.9. The number of ether oxygens (including phenoxy) is 2. The van der Waals surface area contributed by atoms with Crippen LogP contribution in [0.15, 0.2) is 12.2 Å². The molecule has 6 N–H and O–H groups in total. The zero-order chi connectivity index (χ0) is 37.4. The first-order chi connectivity index (χ1) is 24.8. The molecule has 2 unspecified atom stereocenters. The molecule has 1 aliphatic rings. The summed E-state index contributed by atoms with van der Waals surface area (Å²) >= 11 is 0. The predicted molar refractivity (Wildman–Crippen MR) is 207 cm³/mol. The maximum Gasteiger partial charge on any atom is 0.220 e. The zero-order valence-electron chi connectivity index (χ0n) is 32.9. The molecule has 7 atom stereocenters. The fraction of sp³-hybridized carbons (Fsp3) is 0.929. The monoisotopic (exact) mass is 728 g/mol. The first-order valence-electron chi connectivity index (χ1n) is 21.4. The van der Waals surface area contributed by atoms with Crippen LogP contribution in [0.4, 0.5) is 0 Å². The summed E-state index contributed by atoms with van der Waals surface area (Å²) < 4.78 is 11.2. The number of allylic oxidation sites excluding steroid dienone is 2. The van der Waals surface area contributed by atoms with Crippen molar-refractivity contribution in [2.75, 3.05) is 13.2 Å². The van der Waals surface area contributed by atoms with E-state index < -0.39 is 49.5 Å². The van der Waals surface area contributed by atoms with E-state index in [1.165, 1.54) is 122 Å². The van der Waals surface area contributed by atoms with E-state index in [2.05, 4.69) is 31.3 Å². The lowest BCUT2D eigenvalue weighted by Gasteiger charge is -2.40. The van der Waals surface area contributed by atoms with Gasteiger partial charge in [0.05, 0.1) is 25.4 Å². The number of hydrogen-bond donors (Lipinski definition) is 6. The molecule has 9 nitrogen and oxygen atoms in total. The third-order valence-corrected chi connectivity index (χ3v) is 10.4. The number of carbonyl (C=O) groups excluding carboxylic acids is 1. The lowest BCUT2D eigenvalue weighted by Crippen LogP contribution is -2.60. The average Bonchev–Trinajstić information content (AvgIpc) is 3.13. The van der Waals surface area contributed by atoms with Crippen LogP contribution in [0.3, 0.4) is 0 Å². The molecule has 1 rings (SSSR count). The Hall–Kier alpha value is -1.07. The highest BCUT2D eigenvalue weighted by molar-refractivity contribution is 5.76. The van der Waals surface area contributed by atoms with E-state index in [0.717, 1.165) is 44.9 Å². The average molecular weight is 728 g/mol. The second kappa shape index (κ2) is 33.5. The molecule has 1 heterocycles. The minimum atomic E-state index is -1.55. The fourth-order valence-corrected chi connectivity index (χ4v) is 6.86. The van der Waals surface area contributed by atoms with Gasteiger partial charge in [0.1, 0.15) is 24.4 Å². The number of aliphatic hydroxyl groups excluding tert-OH is 5. The predicted octanol–water partition coefficient (Wildman–Crippen LogP) is 8.17. The quantitative estimate of drug-likeness (QED) is 0.0283. The van der Waals surface area contributed by atoms with E-state index in [4.69, 9.17) is 9.47 Å². The Balaban J connectivity index is 2.38. The van der Waals surface area contributed by atoms with E-state index in [1.807, 2.05) is 0 Å². The van der Waals surface area contributed by atoms with Crippen LogP contribution in [0.25, 0.3) is 0 Å². The van der Waals surface area contributed by atoms with Gasteiger partial charge in [0.15, 0.2) is 6.29 Å². The highest BCUT2D eigenvalue weighted by atomic mass is 16.7. The second-order valence-corrected chi connectivity index (χ2v) is 15.1. The molecule has 1 aliphatic heterocycles. The van der Waals surface area contributed by atoms with Gasteiger partial charge >= 0.3 is 0 Å². The van der Waals surface area contributed by atoms with E-state index in [-0.39, 0.29) is 12.5 Å². The molecule has 0 bridgehead atoms. The molecule has 1 amide bonds. The molecule has 0 spiro atoms. The van der Waals surface area contributed by atoms with Gasteiger partial charge in [0.25, 0.3) is 0 Å². The lowest BCUT2D eigenvalue weighted by atomic mass is 9.99. The maximum absolute atomic E-state index is 12.9. The number of amides is 1. The third-order valence-electron chi connectivity index (χ3n) is 10.4. The van der Waals surface area contributed by atoms with E-state index in [9.17, 15) is 30.3 Å². The Bertz CT molecular complexity index is 812. The van der Waals surface area contributed by atoms with Crippen molar-refractivity contribution in [2.24, 2.45) is 0 Å². The highest BCUT2D eigenvalue weighted by Crippen LogP contribution is 2.23. The zero-order valence-corrected chi connectivity index (χ0v) is 32.9. The number of nitrogens with one attached hydrogen (secondary N) is 1. The summed E-state index contributed by atoms with van der Waals surface area (Å²) in [7, 11) is 0. The van der Waals surface area contributed by atoms with Gasteiger partial charge in [-0.2, -0.15) is 0 Å². The van der Waals surface area contributed by atoms with Crippen molar-refractivity contribution in [1.82, 2.24) is 5.32 Å². The van der Waals surface area contributed by atoms with Crippen molar-refractivity contribution in [1.29, 1.82) is 0 Å². The molecular formula is C42H81NO8. The van der Waals surface area contributed by atoms with Gasteiger partial charge in [-0.3, -0.25) is 4.79 Å². The van der Waals surface area contributed by atoms with Crippen LogP contribution < -0.4 is 5.32 Å². The van der Waals surface area contributed by atoms with Crippen molar-refractivity contribution in [3.63, 3.8) is 0 Å². The van der Waals surface area contributed by atoms with Crippen LogP contribution in [0, 0.1) is 0 Å². The summed E-state index contributed by atoms with van der Waals surface area (Å²) in [4.78, 5) is 12.9. The summed E-state index contributed by atoms with van der Waals surface area (Å²) in [5.74, 6) is -0.153. The summed E-state index contributed by atoms with van der Waals surface area (Å²) in [5, 5.41) is 54.2. The van der Waals surface area contributed by atoms with Gasteiger partial charge in [-0.25, -0.2) is 0 Å². The molecule has 302 valence electrons. The van der Waals surface area contributed by atoms with Crippen molar-refractivity contribution in [3.8, 4) is 0 Å². The molecule has 0 radical (unpaired) electrons. The SMILES string of the molecule is CCCCCCCCC/C=C/CCCC[C@@H](O)[C@H](CO[C@H]1O[C@@H](CO)[C@H](O)C(O)C1O)NC(=O)CCCCCCCCCCCCCCCCC. The van der Waals surface area contributed by atoms with Crippen LogP contribution >= 0.6 is 0 Å². The molecule has 9 heteroatoms. The van der Waals surface area contributed by atoms with Crippen molar-refractivity contribution >= 4 is 5.91 Å². The first-order valence-corrected chi connectivity index (χ1v) is 21.4. The second-order valence-electron chi connectivity index (χ2n) is 15.1. The van der Waals surface area contributed by atoms with Crippen molar-refractivity contribution in [3.05, 3.63) is 12.2 Å². The molecule has 0 aliphatic carbocycles. The van der Waals surface area contributed by atoms with Crippen LogP contribution in [-0.4, -0.2) is 87.5 Å². The largest absolute Gasteiger partial charge is 0.394 e. The van der Waals surface area contributed by atoms with Crippen LogP contribution in [-0.2, 0) is 14.3 Å². The molecule has 1 saturated heterocycles. The van der Waals surface area contributed by atoms with Crippen LogP contribution in [0.2, 0.25) is 0 Å². The molecule has 0 aromatic carbocycles. The standard InChI is InChI=1S/C42H81NO8/c1-3-5-7-9-11-13-15-17-18-20-22-24-26-28-30-32-38(46)43-35(34-50-42-41(49)40(48)39(47)37(33-44)51-42)36(45)31-29-27-25-23-21-19-16-14-12-10-8-6-4-2/h21,23,35-37,39-42,44-45,47-49H,3-20,22,24-34H2,1-2H3,(H,43,46)/b23-21+/t35-,36+,37-,39-,40?,41?,42-/m0/s1. The fourth-order valence-electron chi connectivity index (χ4n) is 6.86. The van der Waals surface area contributed by atoms with Gasteiger partial charge in [-0.05, 0) is 38.5 Å². The topological polar surface area (TPSA) is 149 Å². The Labute approximate surface area is 312 Å². The van der Waals surface area contributed by atoms with Gasteiger partial charge in [0.2, 0.25) is 5.91 Å². The molecule has 0 aromatic heterocycles. The number of rotatable bonds is 35. The van der Waals surface area contributed by atoms with Gasteiger partial charge < -0.3 is 40.3 Å². The number of aliphatic hydroxyl groups is 5. The highest BCUT2D eigenvalue weighted by Gasteiger charge is 2.44. The summed E-state index contributed by atoms with van der Waals surface area (Å²) in [6.07, 6.45) is 29.3. The van der Waals surface area contributed by atoms with Gasteiger partial charge in [-0.1, -0.05) is 161 Å². The van der Waals surface area contributed by atoms with Crippen molar-refractivity contribution in [2.45, 2.75) is 236 Å². The molecular weight excluding hydrogens is 646 g/mol. The lowest BCUT2D eigenvalue weighted by molar-refractivity contribution is -0.302. The Morgan fingerprint density at radius 1 is 0.647 bits per heavy atom. The number of carbonyl (C=O) groups is 1. The molecule has 0 saturated carbocycles. The molecule has 1 fully saturated rings. The number of hydrogen-bond acceptors (Lipinski definition) is 8. The Morgan fingerprint density at radius 2 is 1.10 bits per heavy atom. The van der Waals surface area contributed by atoms with Crippen LogP contribution in [0.1, 0.15) is 194 Å². The minimum absolute atomic E-state index is 0.146. The van der Waals surface area contributed by atoms with E-state index in [1.54, 1.807) is 0 Å². The number of unbranched alkanes of at least 4 members (excludes halogenated alkanes) is 23. The van der Waals surface area contributed by atoms with Gasteiger partial charge in [-0.15, -0.1) is 0 Å². The Morgan fingerprint density at radius 3 is 1.59 bits per heavy atom. The van der Waals surface area contributed by atoms with Crippen molar-refractivity contribution < 1.29 is 39.8 Å². The van der Waals surface area contributed by atoms with Crippen LogP contribution in [0.5, 0.6) is 0 Å². The molecule has 51 heavy (non-hydrogen) atoms. The van der Waals surface area contributed by atoms with E-state index >= 15 is 0 Å². The third kappa shape index (κ3) is 24.8. The Kier molecular flexibility index (Phi) is 31.5. The normalized spacial score (nSPS) is 22.1. The smallest absolute Gasteiger partial charge is 0.220 e. The molecule has 0 aromatic rings.